The maximum absolute atomic E-state index is 11.7. The van der Waals surface area contributed by atoms with Gasteiger partial charge in [-0.1, -0.05) is 6.42 Å². The van der Waals surface area contributed by atoms with E-state index in [1.165, 1.54) is 29.7 Å². The van der Waals surface area contributed by atoms with Crippen LogP contribution >= 0.6 is 11.3 Å². The summed E-state index contributed by atoms with van der Waals surface area (Å²) in [5.41, 5.74) is 7.17. The van der Waals surface area contributed by atoms with Crippen LogP contribution in [0.15, 0.2) is 10.5 Å². The van der Waals surface area contributed by atoms with Crippen molar-refractivity contribution >= 4 is 23.2 Å². The SMILES string of the molecule is CCOC(=O)c1nc(-c2cc3c(s2)CCCCC3)oc1N. The number of nitrogens with zero attached hydrogens (tertiary/aromatic N) is 1. The molecule has 1 aliphatic carbocycles. The average Bonchev–Trinajstić information content (AvgIpc) is 2.97. The molecule has 5 nitrogen and oxygen atoms in total. The first-order valence-corrected chi connectivity index (χ1v) is 8.06. The number of fused-ring (bicyclic) bond motifs is 1. The summed E-state index contributed by atoms with van der Waals surface area (Å²) in [5.74, 6) is -0.108. The summed E-state index contributed by atoms with van der Waals surface area (Å²) in [6, 6.07) is 2.12. The van der Waals surface area contributed by atoms with Crippen molar-refractivity contribution in [1.82, 2.24) is 4.98 Å². The largest absolute Gasteiger partial charge is 0.461 e. The predicted molar refractivity (Wildman–Crippen MR) is 81.4 cm³/mol. The summed E-state index contributed by atoms with van der Waals surface area (Å²) < 4.78 is 10.4. The Balaban J connectivity index is 1.91. The van der Waals surface area contributed by atoms with Gasteiger partial charge in [-0.25, -0.2) is 4.79 Å². The van der Waals surface area contributed by atoms with Gasteiger partial charge in [0.05, 0.1) is 11.5 Å². The van der Waals surface area contributed by atoms with Crippen LogP contribution < -0.4 is 5.73 Å². The van der Waals surface area contributed by atoms with Crippen LogP contribution in [0.4, 0.5) is 5.88 Å². The molecule has 0 atom stereocenters. The van der Waals surface area contributed by atoms with Gasteiger partial charge in [-0.15, -0.1) is 11.3 Å². The molecule has 21 heavy (non-hydrogen) atoms. The number of carbonyl (C=O) groups is 1. The van der Waals surface area contributed by atoms with Gasteiger partial charge in [0.2, 0.25) is 17.5 Å². The zero-order chi connectivity index (χ0) is 14.8. The Morgan fingerprint density at radius 3 is 3.05 bits per heavy atom. The van der Waals surface area contributed by atoms with Gasteiger partial charge >= 0.3 is 5.97 Å². The van der Waals surface area contributed by atoms with Gasteiger partial charge in [0.1, 0.15) is 0 Å². The molecule has 2 N–H and O–H groups in total. The van der Waals surface area contributed by atoms with Crippen LogP contribution in [0.2, 0.25) is 0 Å². The van der Waals surface area contributed by atoms with E-state index in [-0.39, 0.29) is 18.2 Å². The van der Waals surface area contributed by atoms with Crippen LogP contribution in [0.25, 0.3) is 10.8 Å². The minimum Gasteiger partial charge on any atom is -0.461 e. The Labute approximate surface area is 127 Å². The highest BCUT2D eigenvalue weighted by atomic mass is 32.1. The van der Waals surface area contributed by atoms with Gasteiger partial charge in [0, 0.05) is 4.88 Å². The molecular formula is C15H18N2O3S. The fourth-order valence-corrected chi connectivity index (χ4v) is 3.74. The Morgan fingerprint density at radius 1 is 1.43 bits per heavy atom. The van der Waals surface area contributed by atoms with Gasteiger partial charge in [0.25, 0.3) is 0 Å². The van der Waals surface area contributed by atoms with Crippen LogP contribution in [-0.4, -0.2) is 17.6 Å². The highest BCUT2D eigenvalue weighted by molar-refractivity contribution is 7.15. The minimum absolute atomic E-state index is 0.0204. The number of esters is 1. The van der Waals surface area contributed by atoms with E-state index in [2.05, 4.69) is 11.1 Å². The molecule has 0 amide bonds. The van der Waals surface area contributed by atoms with Gasteiger partial charge in [-0.2, -0.15) is 4.98 Å². The lowest BCUT2D eigenvalue weighted by Crippen LogP contribution is -2.07. The average molecular weight is 306 g/mol. The highest BCUT2D eigenvalue weighted by Crippen LogP contribution is 2.36. The van der Waals surface area contributed by atoms with E-state index in [1.54, 1.807) is 18.3 Å². The van der Waals surface area contributed by atoms with E-state index in [1.807, 2.05) is 0 Å². The molecule has 0 unspecified atom stereocenters. The first-order chi connectivity index (χ1) is 10.2. The lowest BCUT2D eigenvalue weighted by molar-refractivity contribution is 0.0521. The fourth-order valence-electron chi connectivity index (χ4n) is 2.56. The lowest BCUT2D eigenvalue weighted by Gasteiger charge is -1.96. The van der Waals surface area contributed by atoms with E-state index < -0.39 is 5.97 Å². The number of nitrogens with two attached hydrogens (primary N) is 1. The molecule has 0 bridgehead atoms. The standard InChI is InChI=1S/C15H18N2O3S/c1-2-19-15(18)12-13(16)20-14(17-12)11-8-9-6-4-3-5-7-10(9)21-11/h8H,2-7,16H2,1H3. The number of hydrogen-bond acceptors (Lipinski definition) is 6. The number of aryl methyl sites for hydroxylation is 2. The number of anilines is 1. The van der Waals surface area contributed by atoms with Gasteiger partial charge in [-0.3, -0.25) is 0 Å². The molecule has 0 saturated carbocycles. The Kier molecular flexibility index (Phi) is 3.96. The van der Waals surface area contributed by atoms with Crippen molar-refractivity contribution in [3.05, 3.63) is 22.2 Å². The summed E-state index contributed by atoms with van der Waals surface area (Å²) >= 11 is 1.68. The molecule has 0 aromatic carbocycles. The quantitative estimate of drug-likeness (QED) is 0.694. The Bertz CT molecular complexity index is 636. The van der Waals surface area contributed by atoms with Crippen LogP contribution in [0.3, 0.4) is 0 Å². The van der Waals surface area contributed by atoms with Crippen molar-refractivity contribution in [3.8, 4) is 10.8 Å². The molecule has 0 radical (unpaired) electrons. The van der Waals surface area contributed by atoms with Crippen molar-refractivity contribution in [2.24, 2.45) is 0 Å². The number of oxazole rings is 1. The van der Waals surface area contributed by atoms with E-state index in [0.29, 0.717) is 5.89 Å². The first kappa shape index (κ1) is 14.1. The van der Waals surface area contributed by atoms with Crippen molar-refractivity contribution < 1.29 is 13.9 Å². The lowest BCUT2D eigenvalue weighted by atomic mass is 10.1. The summed E-state index contributed by atoms with van der Waals surface area (Å²) in [6.07, 6.45) is 5.96. The third-order valence-corrected chi connectivity index (χ3v) is 4.80. The second-order valence-corrected chi connectivity index (χ2v) is 6.21. The fraction of sp³-hybridized carbons (Fsp3) is 0.467. The molecule has 0 aliphatic heterocycles. The number of hydrogen-bond donors (Lipinski definition) is 1. The third-order valence-electron chi connectivity index (χ3n) is 3.58. The van der Waals surface area contributed by atoms with Crippen LogP contribution in [0.1, 0.15) is 47.1 Å². The van der Waals surface area contributed by atoms with Crippen LogP contribution in [-0.2, 0) is 17.6 Å². The molecule has 0 fully saturated rings. The second kappa shape index (κ2) is 5.89. The molecule has 0 saturated heterocycles. The third kappa shape index (κ3) is 2.81. The zero-order valence-electron chi connectivity index (χ0n) is 12.0. The molecule has 0 spiro atoms. The molecule has 2 aromatic heterocycles. The summed E-state index contributed by atoms with van der Waals surface area (Å²) in [4.78, 5) is 18.3. The summed E-state index contributed by atoms with van der Waals surface area (Å²) in [7, 11) is 0. The number of thiophene rings is 1. The maximum Gasteiger partial charge on any atom is 0.362 e. The molecule has 2 aromatic rings. The summed E-state index contributed by atoms with van der Waals surface area (Å²) in [5, 5.41) is 0. The topological polar surface area (TPSA) is 78.3 Å². The smallest absolute Gasteiger partial charge is 0.362 e. The van der Waals surface area contributed by atoms with E-state index >= 15 is 0 Å². The van der Waals surface area contributed by atoms with Crippen molar-refractivity contribution in [1.29, 1.82) is 0 Å². The zero-order valence-corrected chi connectivity index (χ0v) is 12.8. The van der Waals surface area contributed by atoms with Crippen molar-refractivity contribution in [2.75, 3.05) is 12.3 Å². The minimum atomic E-state index is -0.539. The predicted octanol–water partition coefficient (Wildman–Crippen LogP) is 3.43. The molecule has 2 heterocycles. The van der Waals surface area contributed by atoms with Crippen LogP contribution in [0, 0.1) is 0 Å². The molecule has 112 valence electrons. The molecule has 3 rings (SSSR count). The number of carbonyl (C=O) groups excluding carboxylic acids is 1. The van der Waals surface area contributed by atoms with E-state index in [9.17, 15) is 4.79 Å². The number of rotatable bonds is 3. The molecular weight excluding hydrogens is 288 g/mol. The monoisotopic (exact) mass is 306 g/mol. The Hall–Kier alpha value is -1.82. The van der Waals surface area contributed by atoms with Gasteiger partial charge < -0.3 is 14.9 Å². The van der Waals surface area contributed by atoms with Gasteiger partial charge in [0.15, 0.2) is 0 Å². The number of nitrogen functional groups attached to an aromatic ring is 1. The Morgan fingerprint density at radius 2 is 2.24 bits per heavy atom. The number of aromatic nitrogens is 1. The van der Waals surface area contributed by atoms with E-state index in [4.69, 9.17) is 14.9 Å². The highest BCUT2D eigenvalue weighted by Gasteiger charge is 2.22. The van der Waals surface area contributed by atoms with Crippen molar-refractivity contribution in [2.45, 2.75) is 39.0 Å². The molecule has 1 aliphatic rings. The first-order valence-electron chi connectivity index (χ1n) is 7.24. The van der Waals surface area contributed by atoms with Crippen molar-refractivity contribution in [3.63, 3.8) is 0 Å². The molecule has 6 heteroatoms. The van der Waals surface area contributed by atoms with Gasteiger partial charge in [-0.05, 0) is 44.2 Å². The number of ether oxygens (including phenoxy) is 1. The summed E-state index contributed by atoms with van der Waals surface area (Å²) in [6.45, 7) is 2.03. The van der Waals surface area contributed by atoms with E-state index in [0.717, 1.165) is 17.7 Å². The maximum atomic E-state index is 11.7. The van der Waals surface area contributed by atoms with Crippen LogP contribution in [0.5, 0.6) is 0 Å². The normalized spacial score (nSPS) is 14.5. The second-order valence-electron chi connectivity index (χ2n) is 5.07.